The number of nitrogens with one attached hydrogen (secondary N) is 1. The van der Waals surface area contributed by atoms with Crippen molar-refractivity contribution in [3.63, 3.8) is 0 Å². The van der Waals surface area contributed by atoms with Gasteiger partial charge in [-0.15, -0.1) is 0 Å². The lowest BCUT2D eigenvalue weighted by atomic mass is 10.2. The Labute approximate surface area is 109 Å². The lowest BCUT2D eigenvalue weighted by Gasteiger charge is -2.04. The molecule has 0 radical (unpaired) electrons. The summed E-state index contributed by atoms with van der Waals surface area (Å²) in [5.74, 6) is 0. The molecule has 2 rings (SSSR count). The van der Waals surface area contributed by atoms with Crippen LogP contribution >= 0.6 is 11.3 Å². The second kappa shape index (κ2) is 5.93. The van der Waals surface area contributed by atoms with Crippen molar-refractivity contribution in [3.8, 4) is 0 Å². The highest BCUT2D eigenvalue weighted by Crippen LogP contribution is 2.18. The van der Waals surface area contributed by atoms with Crippen molar-refractivity contribution in [1.29, 1.82) is 0 Å². The van der Waals surface area contributed by atoms with E-state index in [1.807, 2.05) is 6.07 Å². The van der Waals surface area contributed by atoms with Crippen molar-refractivity contribution in [2.75, 3.05) is 13.1 Å². The van der Waals surface area contributed by atoms with Crippen LogP contribution in [0.4, 0.5) is 0 Å². The predicted octanol–water partition coefficient (Wildman–Crippen LogP) is 1.88. The van der Waals surface area contributed by atoms with E-state index in [-0.39, 0.29) is 4.87 Å². The number of hydrogen-bond donors (Lipinski definition) is 1. The van der Waals surface area contributed by atoms with E-state index in [0.717, 1.165) is 36.0 Å². The van der Waals surface area contributed by atoms with Crippen molar-refractivity contribution in [1.82, 2.24) is 9.88 Å². The first-order valence-corrected chi connectivity index (χ1v) is 6.87. The van der Waals surface area contributed by atoms with Gasteiger partial charge >= 0.3 is 4.87 Å². The summed E-state index contributed by atoms with van der Waals surface area (Å²) in [4.78, 5) is 22.6. The zero-order valence-electron chi connectivity index (χ0n) is 10.3. The Hall–Kier alpha value is -1.46. The molecule has 1 N–H and O–H groups in total. The van der Waals surface area contributed by atoms with Crippen LogP contribution in [0.5, 0.6) is 0 Å². The molecule has 0 aliphatic carbocycles. The Balaban J connectivity index is 2.24. The average Bonchev–Trinajstić information content (AvgIpc) is 2.69. The molecule has 0 bridgehead atoms. The third-order valence-corrected chi connectivity index (χ3v) is 3.76. The molecule has 0 aliphatic rings. The van der Waals surface area contributed by atoms with Crippen LogP contribution < -0.4 is 10.2 Å². The van der Waals surface area contributed by atoms with Crippen LogP contribution in [0.15, 0.2) is 23.0 Å². The molecule has 4 nitrogen and oxygen atoms in total. The second-order valence-corrected chi connectivity index (χ2v) is 5.06. The first-order valence-electron chi connectivity index (χ1n) is 6.05. The molecule has 0 fully saturated rings. The number of rotatable bonds is 6. The van der Waals surface area contributed by atoms with Gasteiger partial charge in [-0.05, 0) is 37.7 Å². The number of carbonyl (C=O) groups is 1. The topological polar surface area (TPSA) is 51.1 Å². The van der Waals surface area contributed by atoms with Gasteiger partial charge in [0.25, 0.3) is 0 Å². The van der Waals surface area contributed by atoms with E-state index in [0.29, 0.717) is 12.1 Å². The number of thiazole rings is 1. The molecule has 0 amide bonds. The van der Waals surface area contributed by atoms with Crippen LogP contribution in [-0.2, 0) is 6.54 Å². The SMILES string of the molecule is CCNCCCn1c(=O)sc2cc(C=O)ccc21. The zero-order valence-corrected chi connectivity index (χ0v) is 11.1. The highest BCUT2D eigenvalue weighted by molar-refractivity contribution is 7.16. The van der Waals surface area contributed by atoms with Crippen LogP contribution in [0, 0.1) is 0 Å². The fourth-order valence-electron chi connectivity index (χ4n) is 1.91. The number of fused-ring (bicyclic) bond motifs is 1. The van der Waals surface area contributed by atoms with Crippen LogP contribution in [0.3, 0.4) is 0 Å². The largest absolute Gasteiger partial charge is 0.317 e. The number of benzene rings is 1. The van der Waals surface area contributed by atoms with Crippen molar-refractivity contribution in [3.05, 3.63) is 33.4 Å². The van der Waals surface area contributed by atoms with Gasteiger partial charge < -0.3 is 5.32 Å². The van der Waals surface area contributed by atoms with Crippen molar-refractivity contribution < 1.29 is 4.79 Å². The number of nitrogens with zero attached hydrogens (tertiary/aromatic N) is 1. The van der Waals surface area contributed by atoms with Crippen LogP contribution in [0.1, 0.15) is 23.7 Å². The van der Waals surface area contributed by atoms with Crippen molar-refractivity contribution >= 4 is 27.8 Å². The minimum absolute atomic E-state index is 0.0459. The molecule has 1 aromatic carbocycles. The molecule has 0 aliphatic heterocycles. The Morgan fingerprint density at radius 2 is 2.28 bits per heavy atom. The lowest BCUT2D eigenvalue weighted by molar-refractivity contribution is 0.112. The van der Waals surface area contributed by atoms with E-state index < -0.39 is 0 Å². The summed E-state index contributed by atoms with van der Waals surface area (Å²) in [6, 6.07) is 5.38. The molecular formula is C13H16N2O2S. The van der Waals surface area contributed by atoms with Gasteiger partial charge in [0.05, 0.1) is 10.2 Å². The third-order valence-electron chi connectivity index (χ3n) is 2.81. The minimum Gasteiger partial charge on any atom is -0.317 e. The smallest absolute Gasteiger partial charge is 0.308 e. The molecule has 0 spiro atoms. The first kappa shape index (κ1) is 13.0. The molecular weight excluding hydrogens is 248 g/mol. The summed E-state index contributed by atoms with van der Waals surface area (Å²) in [7, 11) is 0. The van der Waals surface area contributed by atoms with E-state index in [1.54, 1.807) is 16.7 Å². The zero-order chi connectivity index (χ0) is 13.0. The van der Waals surface area contributed by atoms with Gasteiger partial charge in [0, 0.05) is 12.1 Å². The summed E-state index contributed by atoms with van der Waals surface area (Å²) in [6.07, 6.45) is 1.73. The Kier molecular flexibility index (Phi) is 4.28. The van der Waals surface area contributed by atoms with E-state index in [9.17, 15) is 9.59 Å². The number of carbonyl (C=O) groups excluding carboxylic acids is 1. The van der Waals surface area contributed by atoms with E-state index >= 15 is 0 Å². The monoisotopic (exact) mass is 264 g/mol. The maximum Gasteiger partial charge on any atom is 0.308 e. The normalized spacial score (nSPS) is 10.9. The maximum atomic E-state index is 11.9. The molecule has 2 aromatic rings. The van der Waals surface area contributed by atoms with Crippen molar-refractivity contribution in [2.45, 2.75) is 19.9 Å². The summed E-state index contributed by atoms with van der Waals surface area (Å²) >= 11 is 1.20. The molecule has 0 saturated carbocycles. The van der Waals surface area contributed by atoms with Gasteiger partial charge in [0.15, 0.2) is 0 Å². The number of hydrogen-bond acceptors (Lipinski definition) is 4. The molecule has 0 atom stereocenters. The van der Waals surface area contributed by atoms with Gasteiger partial charge in [-0.2, -0.15) is 0 Å². The third kappa shape index (κ3) is 2.68. The highest BCUT2D eigenvalue weighted by Gasteiger charge is 2.07. The number of aldehydes is 1. The molecule has 18 heavy (non-hydrogen) atoms. The standard InChI is InChI=1S/C13H16N2O2S/c1-2-14-6-3-7-15-11-5-4-10(9-16)8-12(11)18-13(15)17/h4-5,8-9,14H,2-3,6-7H2,1H3. The van der Waals surface area contributed by atoms with E-state index in [4.69, 9.17) is 0 Å². The quantitative estimate of drug-likeness (QED) is 0.640. The minimum atomic E-state index is 0.0459. The summed E-state index contributed by atoms with van der Waals surface area (Å²) in [6.45, 7) is 4.63. The lowest BCUT2D eigenvalue weighted by Crippen LogP contribution is -2.19. The number of aromatic nitrogens is 1. The van der Waals surface area contributed by atoms with E-state index in [1.165, 1.54) is 11.3 Å². The maximum absolute atomic E-state index is 11.9. The fraction of sp³-hybridized carbons (Fsp3) is 0.385. The number of aryl methyl sites for hydroxylation is 1. The van der Waals surface area contributed by atoms with Crippen LogP contribution in [-0.4, -0.2) is 23.9 Å². The molecule has 0 saturated heterocycles. The molecule has 5 heteroatoms. The van der Waals surface area contributed by atoms with Crippen LogP contribution in [0.2, 0.25) is 0 Å². The van der Waals surface area contributed by atoms with Gasteiger partial charge in [0.1, 0.15) is 6.29 Å². The summed E-state index contributed by atoms with van der Waals surface area (Å²) < 4.78 is 2.67. The second-order valence-electron chi connectivity index (χ2n) is 4.07. The van der Waals surface area contributed by atoms with Gasteiger partial charge in [-0.3, -0.25) is 14.2 Å². The van der Waals surface area contributed by atoms with Gasteiger partial charge in [-0.25, -0.2) is 0 Å². The first-order chi connectivity index (χ1) is 8.76. The van der Waals surface area contributed by atoms with Gasteiger partial charge in [0.2, 0.25) is 0 Å². The molecule has 0 unspecified atom stereocenters. The Bertz CT molecular complexity index is 601. The fourth-order valence-corrected chi connectivity index (χ4v) is 2.87. The Morgan fingerprint density at radius 3 is 3.00 bits per heavy atom. The van der Waals surface area contributed by atoms with Crippen molar-refractivity contribution in [2.24, 2.45) is 0 Å². The Morgan fingerprint density at radius 1 is 1.44 bits per heavy atom. The average molecular weight is 264 g/mol. The molecule has 96 valence electrons. The molecule has 1 heterocycles. The summed E-state index contributed by atoms with van der Waals surface area (Å²) in [5.41, 5.74) is 1.54. The summed E-state index contributed by atoms with van der Waals surface area (Å²) in [5, 5.41) is 3.24. The highest BCUT2D eigenvalue weighted by atomic mass is 32.1. The van der Waals surface area contributed by atoms with E-state index in [2.05, 4.69) is 12.2 Å². The predicted molar refractivity (Wildman–Crippen MR) is 74.6 cm³/mol. The molecule has 1 aromatic heterocycles. The van der Waals surface area contributed by atoms with Gasteiger partial charge in [-0.1, -0.05) is 18.3 Å². The van der Waals surface area contributed by atoms with Crippen LogP contribution in [0.25, 0.3) is 10.2 Å².